The zero-order valence-electron chi connectivity index (χ0n) is 13.1. The highest BCUT2D eigenvalue weighted by molar-refractivity contribution is 6.52. The third-order valence-electron chi connectivity index (χ3n) is 5.00. The van der Waals surface area contributed by atoms with Gasteiger partial charge in [-0.3, -0.25) is 9.13 Å². The molecule has 0 aliphatic carbocycles. The molecule has 1 aromatic carbocycles. The topological polar surface area (TPSA) is 18.0 Å². The maximum Gasteiger partial charge on any atom is 0.126 e. The average molecular weight is 282 g/mol. The average Bonchev–Trinajstić information content (AvgIpc) is 2.80. The van der Waals surface area contributed by atoms with Crippen molar-refractivity contribution in [3.05, 3.63) is 60.4 Å². The third kappa shape index (κ3) is 2.81. The molecule has 1 saturated heterocycles. The smallest absolute Gasteiger partial charge is 0.126 e. The number of aryl methyl sites for hydroxylation is 2. The molecule has 0 radical (unpaired) electrons. The number of hydrogen-bond donors (Lipinski definition) is 0. The van der Waals surface area contributed by atoms with Gasteiger partial charge < -0.3 is 4.74 Å². The molecular weight excluding hydrogens is 259 g/mol. The lowest BCUT2D eigenvalue weighted by molar-refractivity contribution is -0.653. The van der Waals surface area contributed by atoms with Crippen LogP contribution >= 0.6 is 0 Å². The Hall–Kier alpha value is -1.81. The number of imidazole rings is 1. The van der Waals surface area contributed by atoms with Crippen LogP contribution in [-0.2, 0) is 18.8 Å². The van der Waals surface area contributed by atoms with Crippen molar-refractivity contribution in [3.8, 4) is 0 Å². The van der Waals surface area contributed by atoms with E-state index < -0.39 is 0 Å². The van der Waals surface area contributed by atoms with E-state index in [2.05, 4.69) is 72.5 Å². The SMILES string of the molecule is C=C1COC[C@H]([BH2-]c2n(C)cc[n+]2C)[C@H]1c1ccccc1. The van der Waals surface area contributed by atoms with Crippen LogP contribution in [0.25, 0.3) is 0 Å². The number of benzene rings is 1. The van der Waals surface area contributed by atoms with Crippen LogP contribution in [-0.4, -0.2) is 25.1 Å². The molecule has 0 saturated carbocycles. The lowest BCUT2D eigenvalue weighted by atomic mass is 9.55. The number of ether oxygens (including phenoxy) is 1. The van der Waals surface area contributed by atoms with Crippen molar-refractivity contribution in [2.45, 2.75) is 11.7 Å². The van der Waals surface area contributed by atoms with E-state index in [4.69, 9.17) is 4.74 Å². The van der Waals surface area contributed by atoms with E-state index in [1.54, 1.807) is 0 Å². The molecule has 0 N–H and O–H groups in total. The molecular formula is C17H23BN2O. The zero-order valence-corrected chi connectivity index (χ0v) is 13.1. The summed E-state index contributed by atoms with van der Waals surface area (Å²) in [5.41, 5.74) is 4.05. The Labute approximate surface area is 127 Å². The Balaban J connectivity index is 1.90. The van der Waals surface area contributed by atoms with E-state index in [-0.39, 0.29) is 7.28 Å². The van der Waals surface area contributed by atoms with Gasteiger partial charge in [0.2, 0.25) is 0 Å². The Morgan fingerprint density at radius 2 is 2.10 bits per heavy atom. The summed E-state index contributed by atoms with van der Waals surface area (Å²) in [6.07, 6.45) is 4.27. The second-order valence-electron chi connectivity index (χ2n) is 6.39. The molecule has 3 nitrogen and oxygen atoms in total. The molecule has 0 amide bonds. The molecule has 110 valence electrons. The quantitative estimate of drug-likeness (QED) is 0.463. The monoisotopic (exact) mass is 282 g/mol. The first-order chi connectivity index (χ1) is 10.2. The maximum absolute atomic E-state index is 5.79. The Morgan fingerprint density at radius 1 is 1.33 bits per heavy atom. The molecule has 1 aromatic heterocycles. The standard InChI is InChI=1S/C17H23BN2O/c1-13-11-21-12-15(16(13)14-7-5-4-6-8-14)18-17-19(2)9-10-20(17)3/h4-10,15-16H,1,11-12,18H2,2-3H3/t15-,16+/m0/s1. The minimum Gasteiger partial charge on any atom is -0.380 e. The van der Waals surface area contributed by atoms with E-state index in [0.29, 0.717) is 18.3 Å². The van der Waals surface area contributed by atoms with Crippen molar-refractivity contribution in [1.29, 1.82) is 0 Å². The van der Waals surface area contributed by atoms with Crippen molar-refractivity contribution in [2.75, 3.05) is 13.2 Å². The van der Waals surface area contributed by atoms with E-state index in [1.165, 1.54) is 16.9 Å². The zero-order chi connectivity index (χ0) is 14.8. The van der Waals surface area contributed by atoms with Crippen LogP contribution in [0.3, 0.4) is 0 Å². The Kier molecular flexibility index (Phi) is 3.97. The maximum atomic E-state index is 5.79. The van der Waals surface area contributed by atoms with Crippen molar-refractivity contribution >= 4 is 13.0 Å². The molecule has 2 atom stereocenters. The van der Waals surface area contributed by atoms with Gasteiger partial charge in [-0.25, -0.2) is 0 Å². The predicted octanol–water partition coefficient (Wildman–Crippen LogP) is 0.802. The summed E-state index contributed by atoms with van der Waals surface area (Å²) in [6, 6.07) is 10.8. The fourth-order valence-corrected chi connectivity index (χ4v) is 3.84. The molecule has 0 unspecified atom stereocenters. The summed E-state index contributed by atoms with van der Waals surface area (Å²) in [4.78, 5) is 0. The fourth-order valence-electron chi connectivity index (χ4n) is 3.84. The molecule has 1 aliphatic heterocycles. The number of aromatic nitrogens is 2. The summed E-state index contributed by atoms with van der Waals surface area (Å²) >= 11 is 0. The highest BCUT2D eigenvalue weighted by Gasteiger charge is 2.28. The molecule has 2 heterocycles. The Bertz CT molecular complexity index is 616. The van der Waals surface area contributed by atoms with Crippen LogP contribution in [0.2, 0.25) is 5.82 Å². The van der Waals surface area contributed by atoms with Gasteiger partial charge in [0.1, 0.15) is 12.4 Å². The second-order valence-corrected chi connectivity index (χ2v) is 6.39. The molecule has 2 aromatic rings. The summed E-state index contributed by atoms with van der Waals surface area (Å²) in [5.74, 6) is 1.00. The first kappa shape index (κ1) is 14.1. The highest BCUT2D eigenvalue weighted by Crippen LogP contribution is 2.38. The number of rotatable bonds is 3. The second kappa shape index (κ2) is 5.90. The summed E-state index contributed by atoms with van der Waals surface area (Å²) in [7, 11) is 3.96. The Morgan fingerprint density at radius 3 is 2.76 bits per heavy atom. The van der Waals surface area contributed by atoms with Crippen molar-refractivity contribution in [1.82, 2.24) is 4.57 Å². The van der Waals surface area contributed by atoms with E-state index in [9.17, 15) is 0 Å². The first-order valence-corrected chi connectivity index (χ1v) is 7.78. The summed E-state index contributed by atoms with van der Waals surface area (Å²) < 4.78 is 10.3. The lowest BCUT2D eigenvalue weighted by Crippen LogP contribution is -2.52. The van der Waals surface area contributed by atoms with Crippen LogP contribution in [0.5, 0.6) is 0 Å². The van der Waals surface area contributed by atoms with Gasteiger partial charge in [-0.15, -0.1) is 5.82 Å². The van der Waals surface area contributed by atoms with Crippen molar-refractivity contribution in [2.24, 2.45) is 14.1 Å². The number of nitrogens with zero attached hydrogens (tertiary/aromatic N) is 2. The van der Waals surface area contributed by atoms with Gasteiger partial charge >= 0.3 is 0 Å². The van der Waals surface area contributed by atoms with E-state index in [1.807, 2.05) is 0 Å². The van der Waals surface area contributed by atoms with E-state index in [0.717, 1.165) is 6.61 Å². The van der Waals surface area contributed by atoms with Crippen LogP contribution in [0.4, 0.5) is 0 Å². The fraction of sp³-hybridized carbons (Fsp3) is 0.353. The van der Waals surface area contributed by atoms with E-state index >= 15 is 0 Å². The molecule has 21 heavy (non-hydrogen) atoms. The van der Waals surface area contributed by atoms with Crippen LogP contribution in [0, 0.1) is 0 Å². The molecule has 3 rings (SSSR count). The number of hydrogen-bond acceptors (Lipinski definition) is 1. The van der Waals surface area contributed by atoms with Gasteiger partial charge in [-0.2, -0.15) is 0 Å². The molecule has 1 aliphatic rings. The van der Waals surface area contributed by atoms with Gasteiger partial charge in [0.25, 0.3) is 0 Å². The van der Waals surface area contributed by atoms with Gasteiger partial charge in [-0.1, -0.05) is 36.9 Å². The molecule has 4 heteroatoms. The van der Waals surface area contributed by atoms with Crippen LogP contribution in [0.15, 0.2) is 54.9 Å². The van der Waals surface area contributed by atoms with Crippen molar-refractivity contribution in [3.63, 3.8) is 0 Å². The summed E-state index contributed by atoms with van der Waals surface area (Å²) in [5, 5.41) is 0. The lowest BCUT2D eigenvalue weighted by Gasteiger charge is -2.37. The third-order valence-corrected chi connectivity index (χ3v) is 5.00. The molecule has 0 spiro atoms. The molecule has 1 fully saturated rings. The minimum absolute atomic E-state index is 0.310. The van der Waals surface area contributed by atoms with Crippen LogP contribution in [0.1, 0.15) is 11.5 Å². The largest absolute Gasteiger partial charge is 0.380 e. The van der Waals surface area contributed by atoms with Crippen molar-refractivity contribution < 1.29 is 9.30 Å². The minimum atomic E-state index is -0.310. The van der Waals surface area contributed by atoms with Crippen LogP contribution < -0.4 is 10.3 Å². The van der Waals surface area contributed by atoms with Gasteiger partial charge in [0, 0.05) is 6.61 Å². The van der Waals surface area contributed by atoms with Gasteiger partial charge in [0.15, 0.2) is 0 Å². The normalized spacial score (nSPS) is 22.5. The van der Waals surface area contributed by atoms with Gasteiger partial charge in [0.05, 0.1) is 33.7 Å². The molecule has 0 bridgehead atoms. The van der Waals surface area contributed by atoms with Gasteiger partial charge in [-0.05, 0) is 17.1 Å². The predicted molar refractivity (Wildman–Crippen MR) is 87.7 cm³/mol. The highest BCUT2D eigenvalue weighted by atomic mass is 16.5. The first-order valence-electron chi connectivity index (χ1n) is 7.78. The summed E-state index contributed by atoms with van der Waals surface area (Å²) in [6.45, 7) is 5.82.